The Balaban J connectivity index is 1.59. The fourth-order valence-corrected chi connectivity index (χ4v) is 3.96. The highest BCUT2D eigenvalue weighted by atomic mass is 16.3. The Labute approximate surface area is 122 Å². The molecule has 1 aliphatic heterocycles. The normalized spacial score (nSPS) is 26.9. The molecule has 20 heavy (non-hydrogen) atoms. The van der Waals surface area contributed by atoms with Gasteiger partial charge in [0.2, 0.25) is 0 Å². The summed E-state index contributed by atoms with van der Waals surface area (Å²) in [5, 5.41) is 3.45. The smallest absolute Gasteiger partial charge is 0.122 e. The lowest BCUT2D eigenvalue weighted by Gasteiger charge is -2.31. The van der Waals surface area contributed by atoms with E-state index in [9.17, 15) is 0 Å². The van der Waals surface area contributed by atoms with Crippen LogP contribution in [0.15, 0.2) is 16.7 Å². The van der Waals surface area contributed by atoms with Gasteiger partial charge in [-0.05, 0) is 50.8 Å². The number of rotatable bonds is 6. The molecular formula is C17H28N2O. The molecule has 0 aromatic carbocycles. The van der Waals surface area contributed by atoms with Crippen LogP contribution in [0, 0.1) is 5.92 Å². The van der Waals surface area contributed by atoms with Crippen LogP contribution in [0.1, 0.15) is 56.8 Å². The number of hydrogen-bond donors (Lipinski definition) is 1. The summed E-state index contributed by atoms with van der Waals surface area (Å²) in [7, 11) is 0. The maximum absolute atomic E-state index is 5.67. The molecule has 0 spiro atoms. The number of fused-ring (bicyclic) bond motifs is 1. The molecule has 2 atom stereocenters. The summed E-state index contributed by atoms with van der Waals surface area (Å²) >= 11 is 0. The molecule has 112 valence electrons. The fourth-order valence-electron chi connectivity index (χ4n) is 3.96. The summed E-state index contributed by atoms with van der Waals surface area (Å²) in [4.78, 5) is 2.71. The predicted molar refractivity (Wildman–Crippen MR) is 81.5 cm³/mol. The van der Waals surface area contributed by atoms with Crippen LogP contribution in [0.3, 0.4) is 0 Å². The predicted octanol–water partition coefficient (Wildman–Crippen LogP) is 3.54. The van der Waals surface area contributed by atoms with Gasteiger partial charge in [-0.15, -0.1) is 0 Å². The molecule has 3 nitrogen and oxygen atoms in total. The molecule has 2 heterocycles. The number of hydrogen-bond acceptors (Lipinski definition) is 3. The lowest BCUT2D eigenvalue weighted by atomic mass is 9.85. The van der Waals surface area contributed by atoms with Crippen molar-refractivity contribution in [1.82, 2.24) is 10.2 Å². The maximum atomic E-state index is 5.67. The van der Waals surface area contributed by atoms with Crippen molar-refractivity contribution in [2.24, 2.45) is 5.92 Å². The van der Waals surface area contributed by atoms with Crippen molar-refractivity contribution in [1.29, 1.82) is 0 Å². The minimum Gasteiger partial charge on any atom is -0.468 e. The van der Waals surface area contributed by atoms with E-state index in [1.54, 1.807) is 0 Å². The maximum Gasteiger partial charge on any atom is 0.122 e. The average Bonchev–Trinajstić information content (AvgIpc) is 3.08. The van der Waals surface area contributed by atoms with Crippen molar-refractivity contribution in [2.45, 2.75) is 64.6 Å². The zero-order valence-electron chi connectivity index (χ0n) is 12.7. The van der Waals surface area contributed by atoms with E-state index in [1.807, 2.05) is 6.26 Å². The molecule has 3 rings (SSSR count). The Kier molecular flexibility index (Phi) is 4.79. The number of nitrogens with one attached hydrogen (secondary N) is 1. The first-order chi connectivity index (χ1) is 9.88. The average molecular weight is 276 g/mol. The highest BCUT2D eigenvalue weighted by Gasteiger charge is 2.35. The Morgan fingerprint density at radius 3 is 3.10 bits per heavy atom. The summed E-state index contributed by atoms with van der Waals surface area (Å²) in [5.41, 5.74) is 1.39. The third-order valence-corrected chi connectivity index (χ3v) is 5.05. The molecular weight excluding hydrogens is 248 g/mol. The van der Waals surface area contributed by atoms with E-state index < -0.39 is 0 Å². The van der Waals surface area contributed by atoms with Gasteiger partial charge in [0.1, 0.15) is 5.76 Å². The first-order valence-corrected chi connectivity index (χ1v) is 8.38. The molecule has 3 heteroatoms. The van der Waals surface area contributed by atoms with E-state index in [0.29, 0.717) is 0 Å². The first kappa shape index (κ1) is 14.2. The molecule has 1 aromatic rings. The van der Waals surface area contributed by atoms with Gasteiger partial charge in [-0.2, -0.15) is 0 Å². The lowest BCUT2D eigenvalue weighted by molar-refractivity contribution is 0.175. The van der Waals surface area contributed by atoms with E-state index >= 15 is 0 Å². The van der Waals surface area contributed by atoms with E-state index in [1.165, 1.54) is 50.6 Å². The van der Waals surface area contributed by atoms with Crippen LogP contribution in [0.5, 0.6) is 0 Å². The van der Waals surface area contributed by atoms with Crippen molar-refractivity contribution >= 4 is 0 Å². The fraction of sp³-hybridized carbons (Fsp3) is 0.765. The van der Waals surface area contributed by atoms with Crippen LogP contribution in [0.4, 0.5) is 0 Å². The van der Waals surface area contributed by atoms with Gasteiger partial charge in [0.15, 0.2) is 0 Å². The van der Waals surface area contributed by atoms with Gasteiger partial charge in [0.25, 0.3) is 0 Å². The van der Waals surface area contributed by atoms with E-state index in [4.69, 9.17) is 4.42 Å². The highest BCUT2D eigenvalue weighted by molar-refractivity contribution is 5.17. The van der Waals surface area contributed by atoms with E-state index in [-0.39, 0.29) is 0 Å². The molecule has 1 saturated heterocycles. The molecule has 1 saturated carbocycles. The van der Waals surface area contributed by atoms with Crippen molar-refractivity contribution in [3.05, 3.63) is 23.7 Å². The Hall–Kier alpha value is -0.800. The topological polar surface area (TPSA) is 28.4 Å². The third-order valence-electron chi connectivity index (χ3n) is 5.05. The molecule has 1 aliphatic carbocycles. The van der Waals surface area contributed by atoms with Gasteiger partial charge < -0.3 is 9.73 Å². The van der Waals surface area contributed by atoms with Crippen molar-refractivity contribution in [2.75, 3.05) is 13.1 Å². The molecule has 0 amide bonds. The second kappa shape index (κ2) is 6.77. The molecule has 1 N–H and O–H groups in total. The number of furan rings is 1. The van der Waals surface area contributed by atoms with Crippen LogP contribution in [0.2, 0.25) is 0 Å². The highest BCUT2D eigenvalue weighted by Crippen LogP contribution is 2.37. The second-order valence-corrected chi connectivity index (χ2v) is 6.42. The monoisotopic (exact) mass is 276 g/mol. The van der Waals surface area contributed by atoms with Crippen LogP contribution in [-0.4, -0.2) is 24.0 Å². The molecule has 2 aliphatic rings. The van der Waals surface area contributed by atoms with Crippen LogP contribution in [0.25, 0.3) is 0 Å². The van der Waals surface area contributed by atoms with Crippen LogP contribution < -0.4 is 5.32 Å². The van der Waals surface area contributed by atoms with Crippen molar-refractivity contribution in [3.8, 4) is 0 Å². The van der Waals surface area contributed by atoms with Gasteiger partial charge >= 0.3 is 0 Å². The molecule has 2 fully saturated rings. The van der Waals surface area contributed by atoms with Crippen molar-refractivity contribution < 1.29 is 4.42 Å². The van der Waals surface area contributed by atoms with Gasteiger partial charge in [-0.3, -0.25) is 4.90 Å². The summed E-state index contributed by atoms with van der Waals surface area (Å²) in [6.07, 6.45) is 10.2. The lowest BCUT2D eigenvalue weighted by Crippen LogP contribution is -2.34. The zero-order valence-corrected chi connectivity index (χ0v) is 12.7. The van der Waals surface area contributed by atoms with Gasteiger partial charge in [-0.25, -0.2) is 0 Å². The third kappa shape index (κ3) is 3.09. The molecule has 0 radical (unpaired) electrons. The standard InChI is InChI=1S/C17H28N2O/c1-2-9-18-12-17-15(8-11-20-17)13-19-10-7-14-5-3-4-6-16(14)19/h8,11,14,16,18H,2-7,9-10,12-13H2,1H3. The van der Waals surface area contributed by atoms with Crippen LogP contribution in [-0.2, 0) is 13.1 Å². The quantitative estimate of drug-likeness (QED) is 0.806. The van der Waals surface area contributed by atoms with Gasteiger partial charge in [-0.1, -0.05) is 19.8 Å². The van der Waals surface area contributed by atoms with Gasteiger partial charge in [0.05, 0.1) is 12.8 Å². The number of likely N-dealkylation sites (tertiary alicyclic amines) is 1. The number of nitrogens with zero attached hydrogens (tertiary/aromatic N) is 1. The Bertz CT molecular complexity index is 415. The minimum atomic E-state index is 0.843. The SMILES string of the molecule is CCCNCc1occc1CN1CCC2CCCCC21. The molecule has 0 bridgehead atoms. The second-order valence-electron chi connectivity index (χ2n) is 6.42. The zero-order chi connectivity index (χ0) is 13.8. The first-order valence-electron chi connectivity index (χ1n) is 8.38. The summed E-state index contributed by atoms with van der Waals surface area (Å²) in [5.74, 6) is 2.11. The van der Waals surface area contributed by atoms with E-state index in [0.717, 1.165) is 37.4 Å². The Morgan fingerprint density at radius 2 is 2.20 bits per heavy atom. The largest absolute Gasteiger partial charge is 0.468 e. The molecule has 1 aromatic heterocycles. The molecule has 2 unspecified atom stereocenters. The summed E-state index contributed by atoms with van der Waals surface area (Å²) in [6.45, 7) is 6.50. The van der Waals surface area contributed by atoms with Gasteiger partial charge in [0, 0.05) is 18.2 Å². The Morgan fingerprint density at radius 1 is 1.30 bits per heavy atom. The van der Waals surface area contributed by atoms with E-state index in [2.05, 4.69) is 23.2 Å². The minimum absolute atomic E-state index is 0.843. The summed E-state index contributed by atoms with van der Waals surface area (Å²) < 4.78 is 5.67. The van der Waals surface area contributed by atoms with Crippen LogP contribution >= 0.6 is 0 Å². The summed E-state index contributed by atoms with van der Waals surface area (Å²) in [6, 6.07) is 3.01. The van der Waals surface area contributed by atoms with Crippen molar-refractivity contribution in [3.63, 3.8) is 0 Å².